The molecule has 86 valence electrons. The van der Waals surface area contributed by atoms with Crippen LogP contribution in [0.15, 0.2) is 18.3 Å². The summed E-state index contributed by atoms with van der Waals surface area (Å²) in [4.78, 5) is 4.62. The van der Waals surface area contributed by atoms with Gasteiger partial charge in [0.2, 0.25) is 0 Å². The predicted molar refractivity (Wildman–Crippen MR) is 67.5 cm³/mol. The topological polar surface area (TPSA) is 60.2 Å². The van der Waals surface area contributed by atoms with E-state index in [4.69, 9.17) is 22.7 Å². The van der Waals surface area contributed by atoms with Gasteiger partial charge in [-0.15, -0.1) is 0 Å². The van der Waals surface area contributed by atoms with Gasteiger partial charge in [-0.05, 0) is 18.6 Å². The average molecular weight is 237 g/mol. The number of nitrogens with two attached hydrogens (primary N) is 1. The average Bonchev–Trinajstić information content (AvgIpc) is 2.80. The van der Waals surface area contributed by atoms with Crippen molar-refractivity contribution in [2.45, 2.75) is 6.42 Å². The normalized spacial score (nSPS) is 19.6. The molecule has 2 heterocycles. The van der Waals surface area contributed by atoms with Gasteiger partial charge >= 0.3 is 0 Å². The van der Waals surface area contributed by atoms with Crippen LogP contribution in [0, 0.1) is 5.92 Å². The Labute approximate surface area is 100 Å². The fourth-order valence-electron chi connectivity index (χ4n) is 1.64. The van der Waals surface area contributed by atoms with E-state index in [0.717, 1.165) is 37.6 Å². The SMILES string of the molecule is NC(=S)c1ccc(NCC2CCOC2)nc1. The second-order valence-corrected chi connectivity index (χ2v) is 4.35. The summed E-state index contributed by atoms with van der Waals surface area (Å²) in [6, 6.07) is 3.77. The zero-order valence-electron chi connectivity index (χ0n) is 8.98. The fourth-order valence-corrected chi connectivity index (χ4v) is 1.76. The molecule has 1 saturated heterocycles. The van der Waals surface area contributed by atoms with Crippen LogP contribution in [0.1, 0.15) is 12.0 Å². The van der Waals surface area contributed by atoms with Gasteiger partial charge in [-0.1, -0.05) is 12.2 Å². The van der Waals surface area contributed by atoms with Crippen molar-refractivity contribution in [3.05, 3.63) is 23.9 Å². The second kappa shape index (κ2) is 5.23. The highest BCUT2D eigenvalue weighted by molar-refractivity contribution is 7.80. The number of nitrogens with zero attached hydrogens (tertiary/aromatic N) is 1. The molecule has 1 fully saturated rings. The number of anilines is 1. The molecule has 4 nitrogen and oxygen atoms in total. The van der Waals surface area contributed by atoms with E-state index in [1.165, 1.54) is 0 Å². The second-order valence-electron chi connectivity index (χ2n) is 3.91. The zero-order chi connectivity index (χ0) is 11.4. The zero-order valence-corrected chi connectivity index (χ0v) is 9.80. The van der Waals surface area contributed by atoms with Crippen LogP contribution >= 0.6 is 12.2 Å². The summed E-state index contributed by atoms with van der Waals surface area (Å²) < 4.78 is 5.30. The monoisotopic (exact) mass is 237 g/mol. The van der Waals surface area contributed by atoms with Gasteiger partial charge in [0, 0.05) is 30.8 Å². The first kappa shape index (κ1) is 11.3. The van der Waals surface area contributed by atoms with Crippen LogP contribution in [0.5, 0.6) is 0 Å². The van der Waals surface area contributed by atoms with Gasteiger partial charge in [-0.2, -0.15) is 0 Å². The van der Waals surface area contributed by atoms with Crippen LogP contribution in [-0.4, -0.2) is 29.7 Å². The van der Waals surface area contributed by atoms with Crippen LogP contribution in [0.2, 0.25) is 0 Å². The largest absolute Gasteiger partial charge is 0.389 e. The molecule has 0 amide bonds. The highest BCUT2D eigenvalue weighted by Crippen LogP contribution is 2.13. The summed E-state index contributed by atoms with van der Waals surface area (Å²) in [5.41, 5.74) is 6.29. The molecule has 0 radical (unpaired) electrons. The number of ether oxygens (including phenoxy) is 1. The van der Waals surface area contributed by atoms with Crippen molar-refractivity contribution in [3.63, 3.8) is 0 Å². The van der Waals surface area contributed by atoms with Crippen LogP contribution < -0.4 is 11.1 Å². The molecule has 0 spiro atoms. The Morgan fingerprint density at radius 1 is 1.62 bits per heavy atom. The van der Waals surface area contributed by atoms with Crippen molar-refractivity contribution in [1.82, 2.24) is 4.98 Å². The van der Waals surface area contributed by atoms with E-state index in [1.54, 1.807) is 6.20 Å². The van der Waals surface area contributed by atoms with Gasteiger partial charge < -0.3 is 15.8 Å². The van der Waals surface area contributed by atoms with Gasteiger partial charge in [0.15, 0.2) is 0 Å². The lowest BCUT2D eigenvalue weighted by Crippen LogP contribution is -2.15. The van der Waals surface area contributed by atoms with E-state index in [0.29, 0.717) is 10.9 Å². The van der Waals surface area contributed by atoms with Crippen LogP contribution in [-0.2, 0) is 4.74 Å². The van der Waals surface area contributed by atoms with Crippen LogP contribution in [0.25, 0.3) is 0 Å². The molecule has 0 saturated carbocycles. The number of hydrogen-bond donors (Lipinski definition) is 2. The number of rotatable bonds is 4. The Hall–Kier alpha value is -1.20. The minimum absolute atomic E-state index is 0.378. The maximum atomic E-state index is 5.49. The minimum Gasteiger partial charge on any atom is -0.389 e. The van der Waals surface area contributed by atoms with Crippen molar-refractivity contribution in [2.24, 2.45) is 11.7 Å². The summed E-state index contributed by atoms with van der Waals surface area (Å²) in [6.45, 7) is 2.62. The van der Waals surface area contributed by atoms with Crippen molar-refractivity contribution >= 4 is 23.0 Å². The maximum absolute atomic E-state index is 5.49. The summed E-state index contributed by atoms with van der Waals surface area (Å²) in [6.07, 6.45) is 2.81. The maximum Gasteiger partial charge on any atom is 0.125 e. The Morgan fingerprint density at radius 2 is 2.50 bits per heavy atom. The summed E-state index contributed by atoms with van der Waals surface area (Å²) in [5, 5.41) is 3.28. The van der Waals surface area contributed by atoms with Gasteiger partial charge in [0.05, 0.1) is 6.61 Å². The lowest BCUT2D eigenvalue weighted by atomic mass is 10.1. The van der Waals surface area contributed by atoms with E-state index >= 15 is 0 Å². The predicted octanol–water partition coefficient (Wildman–Crippen LogP) is 1.16. The van der Waals surface area contributed by atoms with Crippen molar-refractivity contribution in [1.29, 1.82) is 0 Å². The van der Waals surface area contributed by atoms with Gasteiger partial charge in [0.25, 0.3) is 0 Å². The van der Waals surface area contributed by atoms with E-state index in [2.05, 4.69) is 10.3 Å². The van der Waals surface area contributed by atoms with E-state index in [1.807, 2.05) is 12.1 Å². The molecule has 0 aromatic carbocycles. The van der Waals surface area contributed by atoms with Crippen molar-refractivity contribution < 1.29 is 4.74 Å². The Balaban J connectivity index is 1.87. The summed E-state index contributed by atoms with van der Waals surface area (Å²) in [5.74, 6) is 1.45. The number of nitrogens with one attached hydrogen (secondary N) is 1. The van der Waals surface area contributed by atoms with Crippen molar-refractivity contribution in [3.8, 4) is 0 Å². The molecule has 1 atom stereocenters. The van der Waals surface area contributed by atoms with Crippen LogP contribution in [0.4, 0.5) is 5.82 Å². The van der Waals surface area contributed by atoms with Crippen molar-refractivity contribution in [2.75, 3.05) is 25.1 Å². The van der Waals surface area contributed by atoms with E-state index < -0.39 is 0 Å². The number of aromatic nitrogens is 1. The lowest BCUT2D eigenvalue weighted by molar-refractivity contribution is 0.187. The first-order valence-electron chi connectivity index (χ1n) is 5.33. The third-order valence-corrected chi connectivity index (χ3v) is 2.88. The lowest BCUT2D eigenvalue weighted by Gasteiger charge is -2.10. The molecule has 2 rings (SSSR count). The third kappa shape index (κ3) is 2.90. The highest BCUT2D eigenvalue weighted by Gasteiger charge is 2.14. The first-order chi connectivity index (χ1) is 7.75. The molecule has 1 aliphatic heterocycles. The Kier molecular flexibility index (Phi) is 3.69. The summed E-state index contributed by atoms with van der Waals surface area (Å²) >= 11 is 4.86. The molecule has 3 N–H and O–H groups in total. The number of pyridine rings is 1. The Bertz CT molecular complexity index is 360. The molecule has 5 heteroatoms. The van der Waals surface area contributed by atoms with E-state index in [-0.39, 0.29) is 0 Å². The molecule has 1 aromatic heterocycles. The quantitative estimate of drug-likeness (QED) is 0.770. The van der Waals surface area contributed by atoms with E-state index in [9.17, 15) is 0 Å². The first-order valence-corrected chi connectivity index (χ1v) is 5.74. The smallest absolute Gasteiger partial charge is 0.125 e. The fraction of sp³-hybridized carbons (Fsp3) is 0.455. The number of thiocarbonyl (C=S) groups is 1. The third-order valence-electron chi connectivity index (χ3n) is 2.64. The molecule has 16 heavy (non-hydrogen) atoms. The molecule has 1 unspecified atom stereocenters. The molecular weight excluding hydrogens is 222 g/mol. The highest BCUT2D eigenvalue weighted by atomic mass is 32.1. The number of hydrogen-bond acceptors (Lipinski definition) is 4. The molecular formula is C11H15N3OS. The van der Waals surface area contributed by atoms with Gasteiger partial charge in [-0.25, -0.2) is 4.98 Å². The van der Waals surface area contributed by atoms with Gasteiger partial charge in [-0.3, -0.25) is 0 Å². The molecule has 0 aliphatic carbocycles. The minimum atomic E-state index is 0.378. The molecule has 0 bridgehead atoms. The van der Waals surface area contributed by atoms with Crippen LogP contribution in [0.3, 0.4) is 0 Å². The molecule has 1 aliphatic rings. The Morgan fingerprint density at radius 3 is 3.06 bits per heavy atom. The standard InChI is InChI=1S/C11H15N3OS/c12-11(16)9-1-2-10(14-6-9)13-5-8-3-4-15-7-8/h1-2,6,8H,3-5,7H2,(H2,12,16)(H,13,14). The summed E-state index contributed by atoms with van der Waals surface area (Å²) in [7, 11) is 0. The molecule has 1 aromatic rings. The van der Waals surface area contributed by atoms with Gasteiger partial charge in [0.1, 0.15) is 10.8 Å².